The zero-order valence-corrected chi connectivity index (χ0v) is 11.2. The monoisotopic (exact) mass is 263 g/mol. The number of nitrogens with zero attached hydrogens (tertiary/aromatic N) is 1. The molecule has 2 aliphatic rings. The summed E-state index contributed by atoms with van der Waals surface area (Å²) in [5, 5.41) is 10.3. The Morgan fingerprint density at radius 1 is 1.11 bits per heavy atom. The van der Waals surface area contributed by atoms with Crippen LogP contribution in [-0.4, -0.2) is 36.4 Å². The highest BCUT2D eigenvalue weighted by Gasteiger charge is 2.17. The molecule has 0 spiro atoms. The van der Waals surface area contributed by atoms with E-state index in [1.165, 1.54) is 32.4 Å². The van der Waals surface area contributed by atoms with Crippen LogP contribution in [0.15, 0.2) is 18.2 Å². The molecule has 1 saturated heterocycles. The van der Waals surface area contributed by atoms with E-state index in [1.54, 1.807) is 0 Å². The van der Waals surface area contributed by atoms with Gasteiger partial charge in [0.15, 0.2) is 11.5 Å². The number of rotatable bonds is 4. The van der Waals surface area contributed by atoms with Crippen molar-refractivity contribution in [2.24, 2.45) is 0 Å². The van der Waals surface area contributed by atoms with E-state index in [-0.39, 0.29) is 6.79 Å². The summed E-state index contributed by atoms with van der Waals surface area (Å²) < 4.78 is 10.6. The van der Waals surface area contributed by atoms with Crippen LogP contribution in [0.3, 0.4) is 0 Å². The summed E-state index contributed by atoms with van der Waals surface area (Å²) in [4.78, 5) is 2.44. The predicted octanol–water partition coefficient (Wildman–Crippen LogP) is 2.32. The highest BCUT2D eigenvalue weighted by Crippen LogP contribution is 2.34. The smallest absolute Gasteiger partial charge is 0.231 e. The van der Waals surface area contributed by atoms with E-state index in [0.29, 0.717) is 0 Å². The molecule has 3 rings (SSSR count). The first-order chi connectivity index (χ1) is 9.33. The number of benzene rings is 1. The molecule has 2 heterocycles. The van der Waals surface area contributed by atoms with Crippen molar-refractivity contribution in [2.75, 3.05) is 26.4 Å². The minimum Gasteiger partial charge on any atom is -0.454 e. The molecule has 0 radical (unpaired) electrons. The van der Waals surface area contributed by atoms with E-state index in [9.17, 15) is 5.11 Å². The number of hydrogen-bond donors (Lipinski definition) is 1. The summed E-state index contributed by atoms with van der Waals surface area (Å²) in [7, 11) is 0. The van der Waals surface area contributed by atoms with Crippen molar-refractivity contribution >= 4 is 0 Å². The third-order valence-corrected chi connectivity index (χ3v) is 3.95. The Morgan fingerprint density at radius 3 is 2.74 bits per heavy atom. The minimum atomic E-state index is -0.420. The summed E-state index contributed by atoms with van der Waals surface area (Å²) in [6.07, 6.45) is 4.29. The van der Waals surface area contributed by atoms with Gasteiger partial charge in [-0.1, -0.05) is 12.5 Å². The maximum absolute atomic E-state index is 10.3. The molecule has 104 valence electrons. The lowest BCUT2D eigenvalue weighted by molar-refractivity contribution is 0.133. The number of likely N-dealkylation sites (tertiary alicyclic amines) is 1. The third-order valence-electron chi connectivity index (χ3n) is 3.95. The Balaban J connectivity index is 1.56. The zero-order chi connectivity index (χ0) is 13.1. The molecular weight excluding hydrogens is 242 g/mol. The molecule has 0 aromatic heterocycles. The molecule has 1 aromatic carbocycles. The fourth-order valence-corrected chi connectivity index (χ4v) is 2.77. The predicted molar refractivity (Wildman–Crippen MR) is 72.4 cm³/mol. The first-order valence-electron chi connectivity index (χ1n) is 7.13. The molecule has 4 nitrogen and oxygen atoms in total. The van der Waals surface area contributed by atoms with E-state index in [1.807, 2.05) is 18.2 Å². The van der Waals surface area contributed by atoms with Crippen molar-refractivity contribution in [1.82, 2.24) is 4.90 Å². The molecule has 0 amide bonds. The number of aliphatic hydroxyl groups excluding tert-OH is 1. The van der Waals surface area contributed by atoms with E-state index in [0.717, 1.165) is 30.0 Å². The molecule has 0 saturated carbocycles. The molecule has 1 aromatic rings. The van der Waals surface area contributed by atoms with Gasteiger partial charge in [-0.25, -0.2) is 0 Å². The summed E-state index contributed by atoms with van der Waals surface area (Å²) in [6.45, 7) is 3.60. The Kier molecular flexibility index (Phi) is 3.89. The Hall–Kier alpha value is -1.26. The van der Waals surface area contributed by atoms with Gasteiger partial charge in [-0.05, 0) is 50.0 Å². The van der Waals surface area contributed by atoms with Crippen LogP contribution in [-0.2, 0) is 0 Å². The van der Waals surface area contributed by atoms with Gasteiger partial charge in [0.1, 0.15) is 0 Å². The van der Waals surface area contributed by atoms with E-state index in [4.69, 9.17) is 9.47 Å². The van der Waals surface area contributed by atoms with Gasteiger partial charge in [0.05, 0.1) is 6.10 Å². The lowest BCUT2D eigenvalue weighted by Crippen LogP contribution is -2.31. The van der Waals surface area contributed by atoms with E-state index >= 15 is 0 Å². The van der Waals surface area contributed by atoms with Crippen molar-refractivity contribution in [3.8, 4) is 11.5 Å². The van der Waals surface area contributed by atoms with Crippen LogP contribution in [0, 0.1) is 0 Å². The number of piperidine rings is 1. The van der Waals surface area contributed by atoms with Crippen LogP contribution in [0.4, 0.5) is 0 Å². The summed E-state index contributed by atoms with van der Waals surface area (Å²) >= 11 is 0. The van der Waals surface area contributed by atoms with Crippen LogP contribution < -0.4 is 9.47 Å². The second-order valence-corrected chi connectivity index (χ2v) is 5.32. The van der Waals surface area contributed by atoms with Gasteiger partial charge < -0.3 is 19.5 Å². The molecule has 0 unspecified atom stereocenters. The second-order valence-electron chi connectivity index (χ2n) is 5.32. The average Bonchev–Trinajstić information content (AvgIpc) is 2.93. The second kappa shape index (κ2) is 5.80. The van der Waals surface area contributed by atoms with Crippen LogP contribution >= 0.6 is 0 Å². The Morgan fingerprint density at radius 2 is 1.89 bits per heavy atom. The van der Waals surface area contributed by atoms with Gasteiger partial charge in [0.25, 0.3) is 0 Å². The summed E-state index contributed by atoms with van der Waals surface area (Å²) in [6, 6.07) is 5.69. The highest BCUT2D eigenvalue weighted by atomic mass is 16.7. The van der Waals surface area contributed by atoms with Gasteiger partial charge in [-0.2, -0.15) is 0 Å². The quantitative estimate of drug-likeness (QED) is 0.905. The molecule has 1 N–H and O–H groups in total. The average molecular weight is 263 g/mol. The summed E-state index contributed by atoms with van der Waals surface area (Å²) in [5.74, 6) is 1.52. The first kappa shape index (κ1) is 12.8. The maximum Gasteiger partial charge on any atom is 0.231 e. The highest BCUT2D eigenvalue weighted by molar-refractivity contribution is 5.45. The maximum atomic E-state index is 10.3. The van der Waals surface area contributed by atoms with Crippen LogP contribution in [0.5, 0.6) is 11.5 Å². The van der Waals surface area contributed by atoms with Crippen molar-refractivity contribution in [3.05, 3.63) is 23.8 Å². The summed E-state index contributed by atoms with van der Waals surface area (Å²) in [5.41, 5.74) is 0.918. The normalized spacial score (nSPS) is 20.5. The van der Waals surface area contributed by atoms with Crippen LogP contribution in [0.25, 0.3) is 0 Å². The number of hydrogen-bond acceptors (Lipinski definition) is 4. The lowest BCUT2D eigenvalue weighted by Gasteiger charge is -2.27. The van der Waals surface area contributed by atoms with Crippen molar-refractivity contribution in [1.29, 1.82) is 0 Å². The zero-order valence-electron chi connectivity index (χ0n) is 11.2. The Bertz CT molecular complexity index is 429. The van der Waals surface area contributed by atoms with Gasteiger partial charge in [0.2, 0.25) is 6.79 Å². The minimum absolute atomic E-state index is 0.280. The van der Waals surface area contributed by atoms with Gasteiger partial charge >= 0.3 is 0 Å². The fraction of sp³-hybridized carbons (Fsp3) is 0.600. The van der Waals surface area contributed by atoms with Crippen LogP contribution in [0.1, 0.15) is 37.4 Å². The molecular formula is C15H21NO3. The molecule has 19 heavy (non-hydrogen) atoms. The van der Waals surface area contributed by atoms with Gasteiger partial charge in [-0.15, -0.1) is 0 Å². The number of ether oxygens (including phenoxy) is 2. The molecule has 0 bridgehead atoms. The molecule has 1 fully saturated rings. The molecule has 2 aliphatic heterocycles. The number of aliphatic hydroxyl groups is 1. The first-order valence-corrected chi connectivity index (χ1v) is 7.13. The third kappa shape index (κ3) is 3.01. The van der Waals surface area contributed by atoms with Gasteiger partial charge in [-0.3, -0.25) is 0 Å². The molecule has 1 atom stereocenters. The van der Waals surface area contributed by atoms with E-state index in [2.05, 4.69) is 4.90 Å². The Labute approximate surface area is 113 Å². The van der Waals surface area contributed by atoms with Crippen molar-refractivity contribution < 1.29 is 14.6 Å². The molecule has 4 heteroatoms. The topological polar surface area (TPSA) is 41.9 Å². The van der Waals surface area contributed by atoms with Crippen molar-refractivity contribution in [2.45, 2.75) is 31.8 Å². The van der Waals surface area contributed by atoms with Crippen molar-refractivity contribution in [3.63, 3.8) is 0 Å². The number of fused-ring (bicyclic) bond motifs is 1. The fourth-order valence-electron chi connectivity index (χ4n) is 2.77. The molecule has 0 aliphatic carbocycles. The van der Waals surface area contributed by atoms with E-state index < -0.39 is 6.10 Å². The standard InChI is InChI=1S/C15H21NO3/c17-13(6-9-16-7-2-1-3-8-16)12-4-5-14-15(10-12)19-11-18-14/h4-5,10,13,17H,1-3,6-9,11H2/t13-/m1/s1. The van der Waals surface area contributed by atoms with Crippen LogP contribution in [0.2, 0.25) is 0 Å². The van der Waals surface area contributed by atoms with Gasteiger partial charge in [0, 0.05) is 6.54 Å². The lowest BCUT2D eigenvalue weighted by atomic mass is 10.0. The SMILES string of the molecule is O[C@H](CCN1CCCCC1)c1ccc2c(c1)OCO2. The largest absolute Gasteiger partial charge is 0.454 e.